The van der Waals surface area contributed by atoms with Crippen molar-refractivity contribution in [3.05, 3.63) is 130 Å². The van der Waals surface area contributed by atoms with Gasteiger partial charge in [-0.05, 0) is 76.6 Å². The van der Waals surface area contributed by atoms with Crippen molar-refractivity contribution in [3.8, 4) is 44.5 Å². The maximum atomic E-state index is 15.3. The highest BCUT2D eigenvalue weighted by Gasteiger charge is 2.13. The van der Waals surface area contributed by atoms with E-state index in [1.807, 2.05) is 30.3 Å². The Morgan fingerprint density at radius 3 is 1.60 bits per heavy atom. The molecule has 0 aliphatic heterocycles. The van der Waals surface area contributed by atoms with E-state index in [2.05, 4.69) is 6.92 Å². The molecule has 0 saturated carbocycles. The van der Waals surface area contributed by atoms with Crippen LogP contribution in [0.5, 0.6) is 0 Å². The number of unbranched alkanes of at least 4 members (excludes halogenated alkanes) is 2. The molecule has 0 fully saturated rings. The Morgan fingerprint density at radius 1 is 0.475 bits per heavy atom. The molecule has 0 bridgehead atoms. The Hall–Kier alpha value is -3.53. The van der Waals surface area contributed by atoms with Gasteiger partial charge >= 0.3 is 0 Å². The van der Waals surface area contributed by atoms with Gasteiger partial charge in [-0.1, -0.05) is 110 Å². The Morgan fingerprint density at radius 2 is 0.975 bits per heavy atom. The summed E-state index contributed by atoms with van der Waals surface area (Å²) in [7, 11) is 0. The minimum Gasteiger partial charge on any atom is -0.206 e. The molecule has 0 spiro atoms. The van der Waals surface area contributed by atoms with Gasteiger partial charge in [0, 0.05) is 21.7 Å². The summed E-state index contributed by atoms with van der Waals surface area (Å²) in [5.74, 6) is -1.37. The number of hydrogen-bond acceptors (Lipinski definition) is 0. The van der Waals surface area contributed by atoms with Gasteiger partial charge in [-0.25, -0.2) is 13.2 Å². The summed E-state index contributed by atoms with van der Waals surface area (Å²) in [6.07, 6.45) is 4.54. The third-order valence-corrected chi connectivity index (χ3v) is 7.72. The summed E-state index contributed by atoms with van der Waals surface area (Å²) >= 11 is 12.4. The fraction of sp³-hybridized carbons (Fsp3) is 0.143. The van der Waals surface area contributed by atoms with Crippen LogP contribution in [0.3, 0.4) is 0 Å². The molecular formula is C35H27Cl2F3. The van der Waals surface area contributed by atoms with E-state index in [1.54, 1.807) is 42.5 Å². The van der Waals surface area contributed by atoms with E-state index < -0.39 is 17.5 Å². The van der Waals surface area contributed by atoms with Gasteiger partial charge in [0.05, 0.1) is 5.02 Å². The molecule has 5 heteroatoms. The quantitative estimate of drug-likeness (QED) is 0.162. The minimum absolute atomic E-state index is 0.00971. The number of benzene rings is 5. The molecule has 0 aromatic heterocycles. The van der Waals surface area contributed by atoms with E-state index in [9.17, 15) is 4.39 Å². The van der Waals surface area contributed by atoms with E-state index in [-0.39, 0.29) is 5.02 Å². The number of aryl methyl sites for hydroxylation is 1. The van der Waals surface area contributed by atoms with Crippen LogP contribution >= 0.6 is 23.2 Å². The predicted molar refractivity (Wildman–Crippen MR) is 161 cm³/mol. The van der Waals surface area contributed by atoms with E-state index >= 15 is 8.78 Å². The fourth-order valence-electron chi connectivity index (χ4n) is 4.87. The Labute approximate surface area is 243 Å². The number of halogens is 5. The Bertz CT molecular complexity index is 1660. The first kappa shape index (κ1) is 28.0. The van der Waals surface area contributed by atoms with Crippen molar-refractivity contribution >= 4 is 23.2 Å². The fourth-order valence-corrected chi connectivity index (χ4v) is 5.34. The zero-order valence-corrected chi connectivity index (χ0v) is 23.5. The second-order valence-electron chi connectivity index (χ2n) is 9.87. The van der Waals surface area contributed by atoms with Crippen LogP contribution in [0.2, 0.25) is 10.0 Å². The summed E-state index contributed by atoms with van der Waals surface area (Å²) in [6.45, 7) is 2.18. The first-order valence-electron chi connectivity index (χ1n) is 13.3. The van der Waals surface area contributed by atoms with Crippen LogP contribution in [0.1, 0.15) is 31.7 Å². The second-order valence-corrected chi connectivity index (χ2v) is 10.7. The summed E-state index contributed by atoms with van der Waals surface area (Å²) in [5.41, 5.74) is 6.00. The third-order valence-electron chi connectivity index (χ3n) is 7.12. The summed E-state index contributed by atoms with van der Waals surface area (Å²) in [5, 5.41) is 0.437. The minimum atomic E-state index is -0.505. The highest BCUT2D eigenvalue weighted by atomic mass is 35.5. The monoisotopic (exact) mass is 574 g/mol. The molecule has 40 heavy (non-hydrogen) atoms. The topological polar surface area (TPSA) is 0 Å². The van der Waals surface area contributed by atoms with Crippen molar-refractivity contribution in [1.29, 1.82) is 0 Å². The molecule has 0 radical (unpaired) electrons. The first-order valence-corrected chi connectivity index (χ1v) is 14.0. The molecule has 0 atom stereocenters. The van der Waals surface area contributed by atoms with Gasteiger partial charge in [0.2, 0.25) is 0 Å². The van der Waals surface area contributed by atoms with Crippen LogP contribution in [0.25, 0.3) is 44.5 Å². The molecule has 0 amide bonds. The van der Waals surface area contributed by atoms with E-state index in [1.165, 1.54) is 42.7 Å². The molecule has 0 N–H and O–H groups in total. The molecule has 5 rings (SSSR count). The van der Waals surface area contributed by atoms with Crippen molar-refractivity contribution in [2.45, 2.75) is 32.6 Å². The zero-order chi connectivity index (χ0) is 28.2. The van der Waals surface area contributed by atoms with Crippen LogP contribution in [0.15, 0.2) is 97.1 Å². The molecule has 5 aromatic rings. The van der Waals surface area contributed by atoms with Gasteiger partial charge in [-0.15, -0.1) is 0 Å². The van der Waals surface area contributed by atoms with E-state index in [0.717, 1.165) is 18.4 Å². The lowest BCUT2D eigenvalue weighted by molar-refractivity contribution is 0.626. The highest BCUT2D eigenvalue weighted by molar-refractivity contribution is 6.34. The second kappa shape index (κ2) is 12.3. The zero-order valence-electron chi connectivity index (χ0n) is 22.0. The van der Waals surface area contributed by atoms with E-state index in [0.29, 0.717) is 44.0 Å². The summed E-state index contributed by atoms with van der Waals surface area (Å²) in [6, 6.07) is 27.4. The molecule has 202 valence electrons. The van der Waals surface area contributed by atoms with Gasteiger partial charge < -0.3 is 0 Å². The predicted octanol–water partition coefficient (Wildman–Crippen LogP) is 11.8. The smallest absolute Gasteiger partial charge is 0.141 e. The average molecular weight is 576 g/mol. The first-order chi connectivity index (χ1) is 19.3. The van der Waals surface area contributed by atoms with E-state index in [4.69, 9.17) is 23.2 Å². The average Bonchev–Trinajstić information content (AvgIpc) is 2.95. The number of hydrogen-bond donors (Lipinski definition) is 0. The van der Waals surface area contributed by atoms with Crippen LogP contribution in [0, 0.1) is 17.5 Å². The van der Waals surface area contributed by atoms with Gasteiger partial charge in [-0.3, -0.25) is 0 Å². The molecule has 0 unspecified atom stereocenters. The molecule has 0 aliphatic rings. The van der Waals surface area contributed by atoms with Crippen LogP contribution in [-0.2, 0) is 6.42 Å². The lowest BCUT2D eigenvalue weighted by atomic mass is 9.95. The van der Waals surface area contributed by atoms with Crippen LogP contribution in [-0.4, -0.2) is 0 Å². The van der Waals surface area contributed by atoms with Crippen LogP contribution in [0.4, 0.5) is 13.2 Å². The molecule has 0 saturated heterocycles. The van der Waals surface area contributed by atoms with Crippen LogP contribution < -0.4 is 0 Å². The third kappa shape index (κ3) is 6.11. The Kier molecular flexibility index (Phi) is 8.63. The van der Waals surface area contributed by atoms with Crippen molar-refractivity contribution < 1.29 is 13.2 Å². The lowest BCUT2D eigenvalue weighted by Gasteiger charge is -2.11. The lowest BCUT2D eigenvalue weighted by Crippen LogP contribution is -1.91. The summed E-state index contributed by atoms with van der Waals surface area (Å²) in [4.78, 5) is 0. The summed E-state index contributed by atoms with van der Waals surface area (Å²) < 4.78 is 44.0. The largest absolute Gasteiger partial charge is 0.206 e. The molecular weight excluding hydrogens is 548 g/mol. The van der Waals surface area contributed by atoms with Gasteiger partial charge in [0.25, 0.3) is 0 Å². The van der Waals surface area contributed by atoms with Gasteiger partial charge in [0.1, 0.15) is 17.5 Å². The van der Waals surface area contributed by atoms with Gasteiger partial charge in [0.15, 0.2) is 0 Å². The molecule has 0 heterocycles. The van der Waals surface area contributed by atoms with Crippen molar-refractivity contribution in [3.63, 3.8) is 0 Å². The SMILES string of the molecule is CCCCCc1ccc(-c2ccc(-c3ccc(-c4ccc(-c5ccc(F)c(Cl)c5)c(Cl)c4)cc3F)cc2F)cc1. The normalized spacial score (nSPS) is 11.2. The van der Waals surface area contributed by atoms with Gasteiger partial charge in [-0.2, -0.15) is 0 Å². The highest BCUT2D eigenvalue weighted by Crippen LogP contribution is 2.36. The van der Waals surface area contributed by atoms with Crippen molar-refractivity contribution in [1.82, 2.24) is 0 Å². The molecule has 5 aromatic carbocycles. The molecule has 0 nitrogen and oxygen atoms in total. The standard InChI is InChI=1S/C35H27Cl2F3/c1-2-3-4-5-22-6-8-23(9-7-22)29-16-12-27(21-35(29)40)30-15-11-25(20-34(30)39)24-10-14-28(31(36)18-24)26-13-17-33(38)32(37)19-26/h6-21H,2-5H2,1H3. The van der Waals surface area contributed by atoms with Crippen molar-refractivity contribution in [2.24, 2.45) is 0 Å². The maximum Gasteiger partial charge on any atom is 0.141 e. The van der Waals surface area contributed by atoms with Crippen molar-refractivity contribution in [2.75, 3.05) is 0 Å². The number of rotatable bonds is 8. The maximum absolute atomic E-state index is 15.3. The molecule has 0 aliphatic carbocycles. The Balaban J connectivity index is 1.36.